The van der Waals surface area contributed by atoms with Crippen molar-refractivity contribution in [2.24, 2.45) is 4.99 Å². The Morgan fingerprint density at radius 2 is 2.00 bits per heavy atom. The van der Waals surface area contributed by atoms with Crippen molar-refractivity contribution in [1.29, 1.82) is 0 Å². The molecule has 148 valence electrons. The number of methoxy groups -OCH3 is 1. The Morgan fingerprint density at radius 3 is 2.69 bits per heavy atom. The molecule has 0 aromatic heterocycles. The van der Waals surface area contributed by atoms with Gasteiger partial charge in [0.2, 0.25) is 0 Å². The fourth-order valence-corrected chi connectivity index (χ4v) is 2.24. The van der Waals surface area contributed by atoms with Crippen molar-refractivity contribution in [2.75, 3.05) is 40.5 Å². The molecule has 0 aliphatic heterocycles. The molecule has 0 fully saturated rings. The maximum Gasteiger partial charge on any atom is 0.191 e. The van der Waals surface area contributed by atoms with Crippen LogP contribution in [0.5, 0.6) is 5.75 Å². The zero-order valence-electron chi connectivity index (χ0n) is 16.9. The van der Waals surface area contributed by atoms with Crippen LogP contribution in [0.4, 0.5) is 0 Å². The molecule has 0 saturated heterocycles. The summed E-state index contributed by atoms with van der Waals surface area (Å²) in [6, 6.07) is 6.31. The zero-order valence-corrected chi connectivity index (χ0v) is 16.9. The number of benzene rings is 1. The highest BCUT2D eigenvalue weighted by atomic mass is 16.5. The van der Waals surface area contributed by atoms with Gasteiger partial charge in [-0.05, 0) is 38.3 Å². The summed E-state index contributed by atoms with van der Waals surface area (Å²) in [5.74, 6) is 1.71. The average Bonchev–Trinajstić information content (AvgIpc) is 2.64. The highest BCUT2D eigenvalue weighted by Crippen LogP contribution is 2.22. The predicted molar refractivity (Wildman–Crippen MR) is 107 cm³/mol. The molecular formula is C20H35N3O3. The van der Waals surface area contributed by atoms with E-state index in [9.17, 15) is 0 Å². The Balaban J connectivity index is 2.43. The van der Waals surface area contributed by atoms with Crippen LogP contribution >= 0.6 is 0 Å². The van der Waals surface area contributed by atoms with Gasteiger partial charge in [0, 0.05) is 39.4 Å². The Labute approximate surface area is 158 Å². The van der Waals surface area contributed by atoms with Crippen LogP contribution in [0.15, 0.2) is 23.2 Å². The summed E-state index contributed by atoms with van der Waals surface area (Å²) in [6.07, 6.45) is 2.10. The molecule has 6 heteroatoms. The summed E-state index contributed by atoms with van der Waals surface area (Å²) in [5.41, 5.74) is 2.32. The molecule has 1 aromatic carbocycles. The molecule has 0 heterocycles. The van der Waals surface area contributed by atoms with Crippen molar-refractivity contribution < 1.29 is 14.2 Å². The van der Waals surface area contributed by atoms with Gasteiger partial charge in [0.15, 0.2) is 5.96 Å². The number of rotatable bonds is 12. The van der Waals surface area contributed by atoms with Gasteiger partial charge in [-0.3, -0.25) is 4.99 Å². The van der Waals surface area contributed by atoms with Gasteiger partial charge in [0.05, 0.1) is 19.3 Å². The number of nitrogens with zero attached hydrogens (tertiary/aromatic N) is 1. The normalized spacial score (nSPS) is 12.7. The first-order valence-electron chi connectivity index (χ1n) is 9.38. The second-order valence-electron chi connectivity index (χ2n) is 6.26. The predicted octanol–water partition coefficient (Wildman–Crippen LogP) is 2.89. The summed E-state index contributed by atoms with van der Waals surface area (Å²) in [7, 11) is 3.45. The van der Waals surface area contributed by atoms with E-state index in [0.717, 1.165) is 36.7 Å². The lowest BCUT2D eigenvalue weighted by Gasteiger charge is -2.18. The first kappa shape index (κ1) is 22.3. The van der Waals surface area contributed by atoms with E-state index < -0.39 is 0 Å². The minimum atomic E-state index is 0.200. The van der Waals surface area contributed by atoms with Gasteiger partial charge in [-0.25, -0.2) is 0 Å². The summed E-state index contributed by atoms with van der Waals surface area (Å²) >= 11 is 0. The van der Waals surface area contributed by atoms with Crippen LogP contribution < -0.4 is 15.4 Å². The quantitative estimate of drug-likeness (QED) is 0.339. The van der Waals surface area contributed by atoms with Crippen molar-refractivity contribution in [3.8, 4) is 5.75 Å². The first-order chi connectivity index (χ1) is 12.6. The van der Waals surface area contributed by atoms with Crippen molar-refractivity contribution in [1.82, 2.24) is 10.6 Å². The van der Waals surface area contributed by atoms with E-state index >= 15 is 0 Å². The van der Waals surface area contributed by atoms with Crippen molar-refractivity contribution in [3.05, 3.63) is 29.3 Å². The summed E-state index contributed by atoms with van der Waals surface area (Å²) in [5, 5.41) is 6.65. The maximum atomic E-state index is 6.06. The number of hydrogen-bond donors (Lipinski definition) is 2. The number of aliphatic imine (C=N–C) groups is 1. The number of hydrogen-bond acceptors (Lipinski definition) is 4. The Bertz CT molecular complexity index is 535. The van der Waals surface area contributed by atoms with Crippen molar-refractivity contribution >= 4 is 5.96 Å². The minimum absolute atomic E-state index is 0.200. The Morgan fingerprint density at radius 1 is 1.19 bits per heavy atom. The van der Waals surface area contributed by atoms with Gasteiger partial charge in [0.1, 0.15) is 5.75 Å². The zero-order chi connectivity index (χ0) is 19.2. The molecule has 0 aliphatic rings. The van der Waals surface area contributed by atoms with Crippen LogP contribution in [-0.4, -0.2) is 52.6 Å². The highest BCUT2D eigenvalue weighted by molar-refractivity contribution is 5.79. The molecule has 1 atom stereocenters. The maximum absolute atomic E-state index is 6.06. The second kappa shape index (κ2) is 13.4. The molecule has 2 N–H and O–H groups in total. The van der Waals surface area contributed by atoms with Gasteiger partial charge in [-0.1, -0.05) is 19.1 Å². The van der Waals surface area contributed by atoms with Crippen molar-refractivity contribution in [3.63, 3.8) is 0 Å². The summed E-state index contributed by atoms with van der Waals surface area (Å²) < 4.78 is 16.5. The number of guanidine groups is 1. The molecule has 0 bridgehead atoms. The van der Waals surface area contributed by atoms with Crippen LogP contribution in [0.2, 0.25) is 0 Å². The van der Waals surface area contributed by atoms with Crippen LogP contribution in [0, 0.1) is 6.92 Å². The third-order valence-electron chi connectivity index (χ3n) is 3.99. The number of nitrogens with one attached hydrogen (secondary N) is 2. The van der Waals surface area contributed by atoms with E-state index in [2.05, 4.69) is 54.6 Å². The molecule has 0 spiro atoms. The lowest BCUT2D eigenvalue weighted by molar-refractivity contribution is 0.0698. The van der Waals surface area contributed by atoms with Crippen LogP contribution in [0.25, 0.3) is 0 Å². The largest absolute Gasteiger partial charge is 0.490 e. The Kier molecular flexibility index (Phi) is 11.5. The van der Waals surface area contributed by atoms with Crippen LogP contribution in [-0.2, 0) is 16.0 Å². The molecule has 26 heavy (non-hydrogen) atoms. The number of ether oxygens (including phenoxy) is 3. The first-order valence-corrected chi connectivity index (χ1v) is 9.38. The second-order valence-corrected chi connectivity index (χ2v) is 6.26. The molecule has 0 amide bonds. The van der Waals surface area contributed by atoms with Gasteiger partial charge < -0.3 is 24.8 Å². The molecule has 0 radical (unpaired) electrons. The third kappa shape index (κ3) is 9.06. The number of aryl methyl sites for hydroxylation is 1. The molecular weight excluding hydrogens is 330 g/mol. The van der Waals surface area contributed by atoms with Gasteiger partial charge in [-0.15, -0.1) is 0 Å². The van der Waals surface area contributed by atoms with E-state index in [1.165, 1.54) is 5.56 Å². The van der Waals surface area contributed by atoms with Gasteiger partial charge >= 0.3 is 0 Å². The lowest BCUT2D eigenvalue weighted by atomic mass is 10.1. The highest BCUT2D eigenvalue weighted by Gasteiger charge is 2.08. The Hall–Kier alpha value is -1.79. The molecule has 1 aromatic rings. The summed E-state index contributed by atoms with van der Waals surface area (Å²) in [4.78, 5) is 4.27. The van der Waals surface area contributed by atoms with Gasteiger partial charge in [0.25, 0.3) is 0 Å². The van der Waals surface area contributed by atoms with E-state index in [-0.39, 0.29) is 6.10 Å². The van der Waals surface area contributed by atoms with Gasteiger partial charge in [-0.2, -0.15) is 0 Å². The lowest BCUT2D eigenvalue weighted by Crippen LogP contribution is -2.37. The third-order valence-corrected chi connectivity index (χ3v) is 3.99. The van der Waals surface area contributed by atoms with E-state index in [1.807, 2.05) is 0 Å². The smallest absolute Gasteiger partial charge is 0.191 e. The summed E-state index contributed by atoms with van der Waals surface area (Å²) in [6.45, 7) is 9.74. The van der Waals surface area contributed by atoms with E-state index in [4.69, 9.17) is 14.2 Å². The topological polar surface area (TPSA) is 64.1 Å². The van der Waals surface area contributed by atoms with Crippen molar-refractivity contribution in [2.45, 2.75) is 46.3 Å². The SMILES string of the molecule is CCC(C)Oc1cc(C)ccc1CNC(=NC)NCCCOCCOC. The van der Waals surface area contributed by atoms with E-state index in [0.29, 0.717) is 26.4 Å². The molecule has 1 rings (SSSR count). The van der Waals surface area contributed by atoms with E-state index in [1.54, 1.807) is 14.2 Å². The molecule has 1 unspecified atom stereocenters. The van der Waals surface area contributed by atoms with Crippen LogP contribution in [0.3, 0.4) is 0 Å². The standard InChI is InChI=1S/C20H35N3O3/c1-6-17(3)26-19-14-16(2)8-9-18(19)15-23-20(21-4)22-10-7-11-25-13-12-24-5/h8-9,14,17H,6-7,10-13,15H2,1-5H3,(H2,21,22,23). The molecule has 6 nitrogen and oxygen atoms in total. The fourth-order valence-electron chi connectivity index (χ4n) is 2.24. The molecule has 0 saturated carbocycles. The average molecular weight is 366 g/mol. The monoisotopic (exact) mass is 365 g/mol. The fraction of sp³-hybridized carbons (Fsp3) is 0.650. The van der Waals surface area contributed by atoms with Crippen LogP contribution in [0.1, 0.15) is 37.8 Å². The minimum Gasteiger partial charge on any atom is -0.490 e. The molecule has 0 aliphatic carbocycles.